The van der Waals surface area contributed by atoms with Crippen LogP contribution in [0.2, 0.25) is 0 Å². The topological polar surface area (TPSA) is 72.5 Å². The lowest BCUT2D eigenvalue weighted by Gasteiger charge is -2.18. The standard InChI is InChI=1S/C11H13F2NO3/c1-2-17-11(16)9(14)10(15)8-6(12)4-3-5-7(8)13/h3-5,9-10,15H,2,14H2,1H3. The summed E-state index contributed by atoms with van der Waals surface area (Å²) in [7, 11) is 0. The van der Waals surface area contributed by atoms with Gasteiger partial charge in [-0.25, -0.2) is 8.78 Å². The molecule has 2 atom stereocenters. The molecule has 6 heteroatoms. The Morgan fingerprint density at radius 2 is 2.00 bits per heavy atom. The van der Waals surface area contributed by atoms with Crippen LogP contribution in [0.5, 0.6) is 0 Å². The van der Waals surface area contributed by atoms with Gasteiger partial charge in [0.2, 0.25) is 0 Å². The highest BCUT2D eigenvalue weighted by Crippen LogP contribution is 2.23. The van der Waals surface area contributed by atoms with Crippen LogP contribution in [-0.4, -0.2) is 23.7 Å². The molecule has 0 aliphatic heterocycles. The third kappa shape index (κ3) is 2.98. The van der Waals surface area contributed by atoms with Crippen molar-refractivity contribution in [1.82, 2.24) is 0 Å². The molecule has 1 rings (SSSR count). The van der Waals surface area contributed by atoms with Gasteiger partial charge in [-0.3, -0.25) is 4.79 Å². The number of aliphatic hydroxyl groups excluding tert-OH is 1. The van der Waals surface area contributed by atoms with Gasteiger partial charge in [0, 0.05) is 0 Å². The summed E-state index contributed by atoms with van der Waals surface area (Å²) in [6.45, 7) is 1.62. The number of carbonyl (C=O) groups excluding carboxylic acids is 1. The molecule has 2 unspecified atom stereocenters. The third-order valence-electron chi connectivity index (χ3n) is 2.19. The summed E-state index contributed by atoms with van der Waals surface area (Å²) in [6, 6.07) is 1.57. The molecule has 94 valence electrons. The fourth-order valence-corrected chi connectivity index (χ4v) is 1.34. The summed E-state index contributed by atoms with van der Waals surface area (Å²) >= 11 is 0. The highest BCUT2D eigenvalue weighted by atomic mass is 19.1. The summed E-state index contributed by atoms with van der Waals surface area (Å²) < 4.78 is 31.2. The van der Waals surface area contributed by atoms with Crippen LogP contribution in [0, 0.1) is 11.6 Å². The molecule has 0 aliphatic carbocycles. The van der Waals surface area contributed by atoms with Gasteiger partial charge in [0.05, 0.1) is 12.2 Å². The Hall–Kier alpha value is -1.53. The Bertz CT molecular complexity index is 391. The van der Waals surface area contributed by atoms with E-state index < -0.39 is 35.3 Å². The molecule has 0 radical (unpaired) electrons. The number of benzene rings is 1. The lowest BCUT2D eigenvalue weighted by atomic mass is 10.0. The molecule has 0 spiro atoms. The first-order chi connectivity index (χ1) is 7.99. The summed E-state index contributed by atoms with van der Waals surface area (Å²) in [5.41, 5.74) is 4.73. The van der Waals surface area contributed by atoms with Gasteiger partial charge in [0.25, 0.3) is 0 Å². The van der Waals surface area contributed by atoms with E-state index in [0.29, 0.717) is 0 Å². The number of nitrogens with two attached hydrogens (primary N) is 1. The van der Waals surface area contributed by atoms with E-state index in [1.807, 2.05) is 0 Å². The Morgan fingerprint density at radius 1 is 1.47 bits per heavy atom. The van der Waals surface area contributed by atoms with Gasteiger partial charge in [0.15, 0.2) is 0 Å². The van der Waals surface area contributed by atoms with Crippen LogP contribution in [-0.2, 0) is 9.53 Å². The maximum absolute atomic E-state index is 13.3. The molecule has 3 N–H and O–H groups in total. The van der Waals surface area contributed by atoms with Crippen LogP contribution >= 0.6 is 0 Å². The van der Waals surface area contributed by atoms with Crippen molar-refractivity contribution in [2.45, 2.75) is 19.1 Å². The SMILES string of the molecule is CCOC(=O)C(N)C(O)c1c(F)cccc1F. The zero-order valence-corrected chi connectivity index (χ0v) is 9.19. The molecule has 1 aromatic carbocycles. The summed E-state index contributed by atoms with van der Waals surface area (Å²) in [6.07, 6.45) is -1.78. The van der Waals surface area contributed by atoms with Crippen molar-refractivity contribution in [1.29, 1.82) is 0 Å². The van der Waals surface area contributed by atoms with Crippen molar-refractivity contribution < 1.29 is 23.4 Å². The van der Waals surface area contributed by atoms with Crippen LogP contribution in [0.4, 0.5) is 8.78 Å². The molecule has 1 aromatic rings. The minimum atomic E-state index is -1.78. The molecule has 0 bridgehead atoms. The van der Waals surface area contributed by atoms with Crippen LogP contribution in [0.25, 0.3) is 0 Å². The molecule has 17 heavy (non-hydrogen) atoms. The number of hydrogen-bond donors (Lipinski definition) is 2. The molecule has 0 aliphatic rings. The predicted octanol–water partition coefficient (Wildman–Crippen LogP) is 0.889. The number of halogens is 2. The molecule has 0 saturated heterocycles. The molecule has 0 amide bonds. The Balaban J connectivity index is 2.96. The summed E-state index contributed by atoms with van der Waals surface area (Å²) in [5.74, 6) is -2.84. The fraction of sp³-hybridized carbons (Fsp3) is 0.364. The van der Waals surface area contributed by atoms with Gasteiger partial charge in [-0.05, 0) is 19.1 Å². The van der Waals surface area contributed by atoms with Crippen LogP contribution in [0.1, 0.15) is 18.6 Å². The number of rotatable bonds is 4. The quantitative estimate of drug-likeness (QED) is 0.773. The maximum atomic E-state index is 13.3. The van der Waals surface area contributed by atoms with E-state index in [2.05, 4.69) is 4.74 Å². The fourth-order valence-electron chi connectivity index (χ4n) is 1.34. The number of hydrogen-bond acceptors (Lipinski definition) is 4. The first-order valence-corrected chi connectivity index (χ1v) is 5.03. The van der Waals surface area contributed by atoms with E-state index in [-0.39, 0.29) is 6.61 Å². The lowest BCUT2D eigenvalue weighted by molar-refractivity contribution is -0.147. The molecular weight excluding hydrogens is 232 g/mol. The largest absolute Gasteiger partial charge is 0.465 e. The molecule has 0 saturated carbocycles. The number of esters is 1. The Kier molecular flexibility index (Phi) is 4.53. The minimum Gasteiger partial charge on any atom is -0.465 e. The Labute approximate surface area is 97.0 Å². The van der Waals surface area contributed by atoms with Gasteiger partial charge in [0.1, 0.15) is 23.8 Å². The van der Waals surface area contributed by atoms with Crippen molar-refractivity contribution in [3.63, 3.8) is 0 Å². The molecule has 4 nitrogen and oxygen atoms in total. The van der Waals surface area contributed by atoms with Crippen molar-refractivity contribution >= 4 is 5.97 Å². The van der Waals surface area contributed by atoms with E-state index in [1.165, 1.54) is 0 Å². The number of aliphatic hydroxyl groups is 1. The highest BCUT2D eigenvalue weighted by Gasteiger charge is 2.29. The second-order valence-corrected chi connectivity index (χ2v) is 3.36. The van der Waals surface area contributed by atoms with Crippen LogP contribution < -0.4 is 5.73 Å². The average molecular weight is 245 g/mol. The van der Waals surface area contributed by atoms with Gasteiger partial charge in [-0.2, -0.15) is 0 Å². The van der Waals surface area contributed by atoms with Crippen LogP contribution in [0.15, 0.2) is 18.2 Å². The van der Waals surface area contributed by atoms with E-state index in [0.717, 1.165) is 18.2 Å². The molecule has 0 fully saturated rings. The van der Waals surface area contributed by atoms with Gasteiger partial charge >= 0.3 is 5.97 Å². The van der Waals surface area contributed by atoms with Gasteiger partial charge < -0.3 is 15.6 Å². The second-order valence-electron chi connectivity index (χ2n) is 3.36. The first kappa shape index (κ1) is 13.5. The molecule has 0 aromatic heterocycles. The molecule has 0 heterocycles. The van der Waals surface area contributed by atoms with Crippen molar-refractivity contribution in [3.05, 3.63) is 35.4 Å². The molecular formula is C11H13F2NO3. The number of ether oxygens (including phenoxy) is 1. The van der Waals surface area contributed by atoms with Gasteiger partial charge in [-0.15, -0.1) is 0 Å². The average Bonchev–Trinajstić information content (AvgIpc) is 2.27. The zero-order valence-electron chi connectivity index (χ0n) is 9.19. The predicted molar refractivity (Wildman–Crippen MR) is 55.9 cm³/mol. The maximum Gasteiger partial charge on any atom is 0.325 e. The van der Waals surface area contributed by atoms with Crippen molar-refractivity contribution in [3.8, 4) is 0 Å². The van der Waals surface area contributed by atoms with E-state index in [4.69, 9.17) is 5.73 Å². The summed E-state index contributed by atoms with van der Waals surface area (Å²) in [4.78, 5) is 11.2. The zero-order chi connectivity index (χ0) is 13.0. The second kappa shape index (κ2) is 5.70. The van der Waals surface area contributed by atoms with E-state index in [9.17, 15) is 18.7 Å². The van der Waals surface area contributed by atoms with E-state index in [1.54, 1.807) is 6.92 Å². The Morgan fingerprint density at radius 3 is 2.47 bits per heavy atom. The van der Waals surface area contributed by atoms with Crippen LogP contribution in [0.3, 0.4) is 0 Å². The van der Waals surface area contributed by atoms with E-state index >= 15 is 0 Å². The first-order valence-electron chi connectivity index (χ1n) is 5.03. The minimum absolute atomic E-state index is 0.0685. The monoisotopic (exact) mass is 245 g/mol. The highest BCUT2D eigenvalue weighted by molar-refractivity contribution is 5.76. The lowest BCUT2D eigenvalue weighted by Crippen LogP contribution is -2.38. The van der Waals surface area contributed by atoms with Gasteiger partial charge in [-0.1, -0.05) is 6.07 Å². The summed E-state index contributed by atoms with van der Waals surface area (Å²) in [5, 5.41) is 9.64. The number of carbonyl (C=O) groups is 1. The third-order valence-corrected chi connectivity index (χ3v) is 2.19. The normalized spacial score (nSPS) is 14.2. The van der Waals surface area contributed by atoms with Crippen molar-refractivity contribution in [2.75, 3.05) is 6.61 Å². The van der Waals surface area contributed by atoms with Crippen molar-refractivity contribution in [2.24, 2.45) is 5.73 Å². The smallest absolute Gasteiger partial charge is 0.325 e.